The molecule has 0 saturated carbocycles. The van der Waals surface area contributed by atoms with Gasteiger partial charge in [0.05, 0.1) is 6.61 Å². The minimum atomic E-state index is -4.46. The third-order valence-corrected chi connectivity index (χ3v) is 1.89. The second kappa shape index (κ2) is 7.45. The van der Waals surface area contributed by atoms with Gasteiger partial charge >= 0.3 is 6.18 Å². The van der Waals surface area contributed by atoms with Gasteiger partial charge in [-0.3, -0.25) is 4.79 Å². The fourth-order valence-corrected chi connectivity index (χ4v) is 1.18. The maximum absolute atomic E-state index is 12.1. The van der Waals surface area contributed by atoms with Crippen LogP contribution in [0.1, 0.15) is 19.3 Å². The molecule has 0 saturated heterocycles. The van der Waals surface area contributed by atoms with Crippen molar-refractivity contribution in [3.63, 3.8) is 0 Å². The number of aliphatic hydroxyl groups excluding tert-OH is 2. The van der Waals surface area contributed by atoms with Crippen LogP contribution < -0.4 is 0 Å². The van der Waals surface area contributed by atoms with Crippen LogP contribution in [-0.4, -0.2) is 53.5 Å². The van der Waals surface area contributed by atoms with Crippen LogP contribution in [0.5, 0.6) is 0 Å². The van der Waals surface area contributed by atoms with Gasteiger partial charge in [-0.05, 0) is 12.8 Å². The number of carbonyl (C=O) groups excluding carboxylic acids is 1. The zero-order valence-electron chi connectivity index (χ0n) is 8.83. The van der Waals surface area contributed by atoms with Gasteiger partial charge in [-0.15, -0.1) is 0 Å². The molecule has 16 heavy (non-hydrogen) atoms. The van der Waals surface area contributed by atoms with Gasteiger partial charge in [0.2, 0.25) is 5.91 Å². The number of hydrogen-bond donors (Lipinski definition) is 2. The molecular formula is C9H16F3NO3. The molecule has 0 aliphatic carbocycles. The maximum atomic E-state index is 12.1. The van der Waals surface area contributed by atoms with Gasteiger partial charge < -0.3 is 15.1 Å². The highest BCUT2D eigenvalue weighted by Gasteiger charge is 2.32. The Bertz CT molecular complexity index is 209. The van der Waals surface area contributed by atoms with Gasteiger partial charge in [-0.1, -0.05) is 0 Å². The molecule has 0 radical (unpaired) electrons. The van der Waals surface area contributed by atoms with Crippen LogP contribution >= 0.6 is 0 Å². The minimum absolute atomic E-state index is 0.0450. The highest BCUT2D eigenvalue weighted by atomic mass is 19.4. The summed E-state index contributed by atoms with van der Waals surface area (Å²) in [6, 6.07) is 0. The average Bonchev–Trinajstić information content (AvgIpc) is 2.15. The molecule has 0 bridgehead atoms. The van der Waals surface area contributed by atoms with E-state index in [2.05, 4.69) is 0 Å². The van der Waals surface area contributed by atoms with Gasteiger partial charge in [-0.25, -0.2) is 0 Å². The summed E-state index contributed by atoms with van der Waals surface area (Å²) in [5, 5.41) is 17.0. The molecule has 0 rings (SSSR count). The average molecular weight is 243 g/mol. The van der Waals surface area contributed by atoms with Crippen molar-refractivity contribution < 1.29 is 28.2 Å². The van der Waals surface area contributed by atoms with E-state index in [1.165, 1.54) is 0 Å². The zero-order chi connectivity index (χ0) is 12.6. The second-order valence-electron chi connectivity index (χ2n) is 3.33. The van der Waals surface area contributed by atoms with Crippen molar-refractivity contribution in [1.82, 2.24) is 4.90 Å². The summed E-state index contributed by atoms with van der Waals surface area (Å²) < 4.78 is 36.2. The fraction of sp³-hybridized carbons (Fsp3) is 0.889. The van der Waals surface area contributed by atoms with Crippen molar-refractivity contribution in [2.45, 2.75) is 25.4 Å². The molecule has 1 amide bonds. The third kappa shape index (κ3) is 7.47. The Balaban J connectivity index is 4.13. The molecule has 2 N–H and O–H groups in total. The molecule has 0 heterocycles. The minimum Gasteiger partial charge on any atom is -0.396 e. The van der Waals surface area contributed by atoms with Crippen LogP contribution in [0, 0.1) is 0 Å². The fourth-order valence-electron chi connectivity index (χ4n) is 1.18. The van der Waals surface area contributed by atoms with Gasteiger partial charge in [0.15, 0.2) is 0 Å². The van der Waals surface area contributed by atoms with E-state index < -0.39 is 25.2 Å². The summed E-state index contributed by atoms with van der Waals surface area (Å²) >= 11 is 0. The third-order valence-electron chi connectivity index (χ3n) is 1.89. The number of aliphatic hydroxyl groups is 2. The van der Waals surface area contributed by atoms with Crippen LogP contribution in [0.2, 0.25) is 0 Å². The van der Waals surface area contributed by atoms with E-state index in [1.54, 1.807) is 0 Å². The number of halogens is 3. The number of alkyl halides is 3. The molecule has 0 aromatic rings. The van der Waals surface area contributed by atoms with Crippen molar-refractivity contribution >= 4 is 5.91 Å². The predicted molar refractivity (Wildman–Crippen MR) is 50.7 cm³/mol. The Hall–Kier alpha value is -0.820. The zero-order valence-corrected chi connectivity index (χ0v) is 8.83. The molecule has 0 unspecified atom stereocenters. The number of carbonyl (C=O) groups is 1. The molecule has 0 spiro atoms. The normalized spacial score (nSPS) is 11.6. The lowest BCUT2D eigenvalue weighted by molar-refractivity contribution is -0.162. The van der Waals surface area contributed by atoms with E-state index in [0.717, 1.165) is 0 Å². The Labute approximate surface area is 91.7 Å². The van der Waals surface area contributed by atoms with Crippen molar-refractivity contribution in [2.75, 3.05) is 26.3 Å². The lowest BCUT2D eigenvalue weighted by Crippen LogP contribution is -2.40. The Kier molecular flexibility index (Phi) is 7.07. The van der Waals surface area contributed by atoms with Crippen LogP contribution in [0.15, 0.2) is 0 Å². The Morgan fingerprint density at radius 3 is 2.19 bits per heavy atom. The molecule has 0 aliphatic rings. The first-order valence-corrected chi connectivity index (χ1v) is 4.97. The lowest BCUT2D eigenvalue weighted by Gasteiger charge is -2.23. The molecule has 7 heteroatoms. The molecular weight excluding hydrogens is 227 g/mol. The summed E-state index contributed by atoms with van der Waals surface area (Å²) in [4.78, 5) is 11.9. The molecule has 0 aromatic heterocycles. The molecule has 0 aromatic carbocycles. The first kappa shape index (κ1) is 15.2. The summed E-state index contributed by atoms with van der Waals surface area (Å²) in [6.07, 6.45) is -3.78. The summed E-state index contributed by atoms with van der Waals surface area (Å²) in [7, 11) is 0. The van der Waals surface area contributed by atoms with E-state index >= 15 is 0 Å². The number of rotatable bonds is 7. The maximum Gasteiger partial charge on any atom is 0.406 e. The van der Waals surface area contributed by atoms with Gasteiger partial charge in [-0.2, -0.15) is 13.2 Å². The first-order chi connectivity index (χ1) is 7.40. The van der Waals surface area contributed by atoms with Crippen LogP contribution in [0.3, 0.4) is 0 Å². The number of nitrogens with zero attached hydrogens (tertiary/aromatic N) is 1. The Morgan fingerprint density at radius 2 is 1.75 bits per heavy atom. The molecule has 4 nitrogen and oxygen atoms in total. The van der Waals surface area contributed by atoms with Crippen molar-refractivity contribution in [1.29, 1.82) is 0 Å². The topological polar surface area (TPSA) is 60.8 Å². The van der Waals surface area contributed by atoms with Crippen molar-refractivity contribution in [3.8, 4) is 0 Å². The van der Waals surface area contributed by atoms with Crippen molar-refractivity contribution in [2.24, 2.45) is 0 Å². The standard InChI is InChI=1S/C9H16F3NO3/c10-9(11,12)7-13(4-6-15)8(16)3-1-2-5-14/h14-15H,1-7H2. The summed E-state index contributed by atoms with van der Waals surface area (Å²) in [5.41, 5.74) is 0. The van der Waals surface area contributed by atoms with Crippen molar-refractivity contribution in [3.05, 3.63) is 0 Å². The van der Waals surface area contributed by atoms with E-state index in [-0.39, 0.29) is 19.6 Å². The molecule has 96 valence electrons. The monoisotopic (exact) mass is 243 g/mol. The summed E-state index contributed by atoms with van der Waals surface area (Å²) in [6.45, 7) is -2.25. The van der Waals surface area contributed by atoms with Gasteiger partial charge in [0, 0.05) is 19.6 Å². The Morgan fingerprint density at radius 1 is 1.12 bits per heavy atom. The number of hydrogen-bond acceptors (Lipinski definition) is 3. The lowest BCUT2D eigenvalue weighted by atomic mass is 10.2. The number of unbranched alkanes of at least 4 members (excludes halogenated alkanes) is 1. The predicted octanol–water partition coefficient (Wildman–Crippen LogP) is 0.532. The largest absolute Gasteiger partial charge is 0.406 e. The summed E-state index contributed by atoms with van der Waals surface area (Å²) in [5.74, 6) is -0.653. The van der Waals surface area contributed by atoms with E-state index in [1.807, 2.05) is 0 Å². The smallest absolute Gasteiger partial charge is 0.396 e. The van der Waals surface area contributed by atoms with Crippen LogP contribution in [0.25, 0.3) is 0 Å². The first-order valence-electron chi connectivity index (χ1n) is 4.97. The number of amides is 1. The highest BCUT2D eigenvalue weighted by Crippen LogP contribution is 2.17. The highest BCUT2D eigenvalue weighted by molar-refractivity contribution is 5.76. The van der Waals surface area contributed by atoms with Crippen LogP contribution in [-0.2, 0) is 4.79 Å². The second-order valence-corrected chi connectivity index (χ2v) is 3.33. The van der Waals surface area contributed by atoms with E-state index in [9.17, 15) is 18.0 Å². The molecule has 0 fully saturated rings. The molecule has 0 aliphatic heterocycles. The molecule has 0 atom stereocenters. The quantitative estimate of drug-likeness (QED) is 0.641. The SMILES string of the molecule is O=C(CCCCO)N(CCO)CC(F)(F)F. The van der Waals surface area contributed by atoms with Crippen LogP contribution in [0.4, 0.5) is 13.2 Å². The van der Waals surface area contributed by atoms with Gasteiger partial charge in [0.1, 0.15) is 6.54 Å². The van der Waals surface area contributed by atoms with E-state index in [0.29, 0.717) is 17.7 Å². The van der Waals surface area contributed by atoms with Gasteiger partial charge in [0.25, 0.3) is 0 Å². The van der Waals surface area contributed by atoms with E-state index in [4.69, 9.17) is 10.2 Å².